The zero-order chi connectivity index (χ0) is 14.8. The van der Waals surface area contributed by atoms with E-state index in [1.165, 1.54) is 47.1 Å². The number of fused-ring (bicyclic) bond motifs is 1. The molecule has 0 bridgehead atoms. The van der Waals surface area contributed by atoms with E-state index in [2.05, 4.69) is 62.5 Å². The van der Waals surface area contributed by atoms with Crippen molar-refractivity contribution >= 4 is 0 Å². The molecule has 1 aliphatic carbocycles. The molecule has 1 aliphatic rings. The SMILES string of the molecule is CCCNC1CCc2c(-c3ccc(C)cc3C)cccc21. The number of aryl methyl sites for hydroxylation is 2. The highest BCUT2D eigenvalue weighted by Gasteiger charge is 2.24. The second kappa shape index (κ2) is 6.03. The Morgan fingerprint density at radius 1 is 1.10 bits per heavy atom. The summed E-state index contributed by atoms with van der Waals surface area (Å²) in [6.45, 7) is 7.73. The predicted molar refractivity (Wildman–Crippen MR) is 90.7 cm³/mol. The van der Waals surface area contributed by atoms with Crippen LogP contribution in [-0.2, 0) is 6.42 Å². The van der Waals surface area contributed by atoms with Crippen molar-refractivity contribution in [2.24, 2.45) is 0 Å². The lowest BCUT2D eigenvalue weighted by atomic mass is 9.93. The Balaban J connectivity index is 2.00. The van der Waals surface area contributed by atoms with Crippen LogP contribution in [0.15, 0.2) is 36.4 Å². The van der Waals surface area contributed by atoms with E-state index >= 15 is 0 Å². The maximum Gasteiger partial charge on any atom is 0.0326 e. The molecular formula is C20H25N. The lowest BCUT2D eigenvalue weighted by Crippen LogP contribution is -2.19. The van der Waals surface area contributed by atoms with Crippen LogP contribution in [0.5, 0.6) is 0 Å². The van der Waals surface area contributed by atoms with Gasteiger partial charge in [-0.1, -0.05) is 48.9 Å². The third kappa shape index (κ3) is 2.75. The maximum atomic E-state index is 3.69. The molecule has 1 unspecified atom stereocenters. The van der Waals surface area contributed by atoms with Gasteiger partial charge >= 0.3 is 0 Å². The summed E-state index contributed by atoms with van der Waals surface area (Å²) in [4.78, 5) is 0. The highest BCUT2D eigenvalue weighted by Crippen LogP contribution is 2.38. The summed E-state index contributed by atoms with van der Waals surface area (Å²) in [5.41, 5.74) is 8.62. The minimum atomic E-state index is 0.547. The number of rotatable bonds is 4. The molecule has 110 valence electrons. The number of hydrogen-bond donors (Lipinski definition) is 1. The highest BCUT2D eigenvalue weighted by atomic mass is 14.9. The van der Waals surface area contributed by atoms with Crippen molar-refractivity contribution < 1.29 is 0 Å². The fourth-order valence-electron chi connectivity index (χ4n) is 3.55. The van der Waals surface area contributed by atoms with E-state index in [9.17, 15) is 0 Å². The summed E-state index contributed by atoms with van der Waals surface area (Å²) in [5, 5.41) is 3.69. The van der Waals surface area contributed by atoms with Crippen LogP contribution in [0.1, 0.15) is 48.1 Å². The van der Waals surface area contributed by atoms with Crippen molar-refractivity contribution in [3.05, 3.63) is 58.7 Å². The van der Waals surface area contributed by atoms with Crippen molar-refractivity contribution in [1.29, 1.82) is 0 Å². The van der Waals surface area contributed by atoms with Crippen LogP contribution < -0.4 is 5.32 Å². The highest BCUT2D eigenvalue weighted by molar-refractivity contribution is 5.73. The molecule has 0 amide bonds. The number of benzene rings is 2. The Bertz CT molecular complexity index is 642. The third-order valence-electron chi connectivity index (χ3n) is 4.58. The molecule has 21 heavy (non-hydrogen) atoms. The van der Waals surface area contributed by atoms with Crippen molar-refractivity contribution in [2.45, 2.75) is 46.1 Å². The largest absolute Gasteiger partial charge is 0.310 e. The molecule has 0 spiro atoms. The third-order valence-corrected chi connectivity index (χ3v) is 4.58. The van der Waals surface area contributed by atoms with E-state index in [-0.39, 0.29) is 0 Å². The molecule has 1 atom stereocenters. The first-order valence-corrected chi connectivity index (χ1v) is 8.13. The van der Waals surface area contributed by atoms with Gasteiger partial charge in [0.05, 0.1) is 0 Å². The standard InChI is InChI=1S/C20H25N/c1-4-12-21-20-11-10-18-17(6-5-7-19(18)20)16-9-8-14(2)13-15(16)3/h5-9,13,20-21H,4,10-12H2,1-3H3. The first kappa shape index (κ1) is 14.3. The number of nitrogens with one attached hydrogen (secondary N) is 1. The van der Waals surface area contributed by atoms with Crippen LogP contribution >= 0.6 is 0 Å². The second-order valence-electron chi connectivity index (χ2n) is 6.24. The van der Waals surface area contributed by atoms with E-state index in [1.807, 2.05) is 0 Å². The molecule has 0 saturated heterocycles. The van der Waals surface area contributed by atoms with Gasteiger partial charge in [0.2, 0.25) is 0 Å². The summed E-state index contributed by atoms with van der Waals surface area (Å²) < 4.78 is 0. The molecule has 0 aliphatic heterocycles. The van der Waals surface area contributed by atoms with Gasteiger partial charge in [-0.25, -0.2) is 0 Å². The van der Waals surface area contributed by atoms with Gasteiger partial charge in [-0.2, -0.15) is 0 Å². The van der Waals surface area contributed by atoms with E-state index in [0.29, 0.717) is 6.04 Å². The Morgan fingerprint density at radius 3 is 2.71 bits per heavy atom. The summed E-state index contributed by atoms with van der Waals surface area (Å²) in [6, 6.07) is 14.2. The van der Waals surface area contributed by atoms with Gasteiger partial charge in [-0.15, -0.1) is 0 Å². The molecule has 3 rings (SSSR count). The molecule has 0 heterocycles. The van der Waals surface area contributed by atoms with Gasteiger partial charge in [0, 0.05) is 6.04 Å². The molecule has 0 saturated carbocycles. The van der Waals surface area contributed by atoms with Crippen LogP contribution in [0, 0.1) is 13.8 Å². The molecule has 1 nitrogen and oxygen atoms in total. The fourth-order valence-corrected chi connectivity index (χ4v) is 3.55. The van der Waals surface area contributed by atoms with Gasteiger partial charge in [-0.05, 0) is 67.5 Å². The summed E-state index contributed by atoms with van der Waals surface area (Å²) >= 11 is 0. The minimum Gasteiger partial charge on any atom is -0.310 e. The Morgan fingerprint density at radius 2 is 1.95 bits per heavy atom. The normalized spacial score (nSPS) is 17.0. The molecule has 1 N–H and O–H groups in total. The van der Waals surface area contributed by atoms with Gasteiger partial charge in [0.1, 0.15) is 0 Å². The number of hydrogen-bond acceptors (Lipinski definition) is 1. The predicted octanol–water partition coefficient (Wildman–Crippen LogP) is 4.96. The molecule has 2 aromatic rings. The van der Waals surface area contributed by atoms with Crippen molar-refractivity contribution in [2.75, 3.05) is 6.54 Å². The lowest BCUT2D eigenvalue weighted by molar-refractivity contribution is 0.529. The zero-order valence-corrected chi connectivity index (χ0v) is 13.4. The van der Waals surface area contributed by atoms with E-state index in [1.54, 1.807) is 5.56 Å². The van der Waals surface area contributed by atoms with Gasteiger partial charge < -0.3 is 5.32 Å². The second-order valence-corrected chi connectivity index (χ2v) is 6.24. The van der Waals surface area contributed by atoms with Gasteiger partial charge in [-0.3, -0.25) is 0 Å². The summed E-state index contributed by atoms with van der Waals surface area (Å²) in [7, 11) is 0. The Kier molecular flexibility index (Phi) is 4.12. The molecule has 1 heteroatoms. The van der Waals surface area contributed by atoms with Crippen molar-refractivity contribution in [3.8, 4) is 11.1 Å². The molecule has 0 aromatic heterocycles. The van der Waals surface area contributed by atoms with E-state index in [0.717, 1.165) is 6.54 Å². The molecular weight excluding hydrogens is 254 g/mol. The summed E-state index contributed by atoms with van der Waals surface area (Å²) in [5.74, 6) is 0. The summed E-state index contributed by atoms with van der Waals surface area (Å²) in [6.07, 6.45) is 3.63. The van der Waals surface area contributed by atoms with Crippen molar-refractivity contribution in [1.82, 2.24) is 5.32 Å². The topological polar surface area (TPSA) is 12.0 Å². The first-order valence-electron chi connectivity index (χ1n) is 8.13. The van der Waals surface area contributed by atoms with Crippen LogP contribution in [0.3, 0.4) is 0 Å². The maximum absolute atomic E-state index is 3.69. The van der Waals surface area contributed by atoms with Crippen LogP contribution in [0.2, 0.25) is 0 Å². The quantitative estimate of drug-likeness (QED) is 0.834. The first-order chi connectivity index (χ1) is 10.2. The lowest BCUT2D eigenvalue weighted by Gasteiger charge is -2.15. The van der Waals surface area contributed by atoms with Crippen LogP contribution in [0.4, 0.5) is 0 Å². The molecule has 0 radical (unpaired) electrons. The molecule has 2 aromatic carbocycles. The molecule has 0 fully saturated rings. The van der Waals surface area contributed by atoms with Crippen LogP contribution in [0.25, 0.3) is 11.1 Å². The smallest absolute Gasteiger partial charge is 0.0326 e. The average Bonchev–Trinajstić information content (AvgIpc) is 2.88. The van der Waals surface area contributed by atoms with Crippen molar-refractivity contribution in [3.63, 3.8) is 0 Å². The minimum absolute atomic E-state index is 0.547. The zero-order valence-electron chi connectivity index (χ0n) is 13.4. The Hall–Kier alpha value is -1.60. The average molecular weight is 279 g/mol. The van der Waals surface area contributed by atoms with Gasteiger partial charge in [0.25, 0.3) is 0 Å². The van der Waals surface area contributed by atoms with E-state index < -0.39 is 0 Å². The van der Waals surface area contributed by atoms with Gasteiger partial charge in [0.15, 0.2) is 0 Å². The van der Waals surface area contributed by atoms with E-state index in [4.69, 9.17) is 0 Å². The monoisotopic (exact) mass is 279 g/mol. The van der Waals surface area contributed by atoms with Crippen LogP contribution in [-0.4, -0.2) is 6.54 Å². The Labute approximate surface area is 128 Å². The fraction of sp³-hybridized carbons (Fsp3) is 0.400.